The van der Waals surface area contributed by atoms with Gasteiger partial charge in [0.2, 0.25) is 0 Å². The van der Waals surface area contributed by atoms with E-state index in [-0.39, 0.29) is 0 Å². The van der Waals surface area contributed by atoms with E-state index in [2.05, 4.69) is 29.1 Å². The first-order valence-electron chi connectivity index (χ1n) is 7.89. The fourth-order valence-corrected chi connectivity index (χ4v) is 3.51. The Kier molecular flexibility index (Phi) is 5.93. The minimum Gasteiger partial charge on any atom is -0.317 e. The Morgan fingerprint density at radius 1 is 1.17 bits per heavy atom. The van der Waals surface area contributed by atoms with Gasteiger partial charge in [-0.15, -0.1) is 0 Å². The molecule has 0 radical (unpaired) electrons. The van der Waals surface area contributed by atoms with Crippen molar-refractivity contribution >= 4 is 0 Å². The first-order chi connectivity index (χ1) is 8.75. The minimum atomic E-state index is 0.741. The molecule has 1 unspecified atom stereocenters. The van der Waals surface area contributed by atoms with Gasteiger partial charge in [-0.3, -0.25) is 4.90 Å². The van der Waals surface area contributed by atoms with Gasteiger partial charge in [0.25, 0.3) is 0 Å². The third-order valence-corrected chi connectivity index (χ3v) is 4.70. The Balaban J connectivity index is 1.65. The van der Waals surface area contributed by atoms with Crippen molar-refractivity contribution in [3.63, 3.8) is 0 Å². The summed E-state index contributed by atoms with van der Waals surface area (Å²) in [6, 6.07) is 0.741. The summed E-state index contributed by atoms with van der Waals surface area (Å²) < 4.78 is 0. The van der Waals surface area contributed by atoms with Crippen LogP contribution in [-0.2, 0) is 0 Å². The first-order valence-corrected chi connectivity index (χ1v) is 7.89. The Morgan fingerprint density at radius 3 is 2.72 bits per heavy atom. The molecule has 1 N–H and O–H groups in total. The van der Waals surface area contributed by atoms with Crippen LogP contribution in [0.1, 0.15) is 39.0 Å². The van der Waals surface area contributed by atoms with Crippen LogP contribution in [0.5, 0.6) is 0 Å². The zero-order valence-electron chi connectivity index (χ0n) is 12.3. The van der Waals surface area contributed by atoms with Crippen molar-refractivity contribution in [3.8, 4) is 0 Å². The van der Waals surface area contributed by atoms with Gasteiger partial charge in [0, 0.05) is 12.6 Å². The molecule has 3 heteroatoms. The molecule has 0 amide bonds. The van der Waals surface area contributed by atoms with Gasteiger partial charge in [0.15, 0.2) is 0 Å². The molecule has 0 aliphatic carbocycles. The molecule has 0 aromatic rings. The van der Waals surface area contributed by atoms with Crippen LogP contribution in [0.3, 0.4) is 0 Å². The van der Waals surface area contributed by atoms with Gasteiger partial charge < -0.3 is 10.2 Å². The molecule has 0 aromatic carbocycles. The van der Waals surface area contributed by atoms with E-state index in [0.29, 0.717) is 0 Å². The molecule has 2 fully saturated rings. The van der Waals surface area contributed by atoms with E-state index in [0.717, 1.165) is 12.0 Å². The predicted octanol–water partition coefficient (Wildman–Crippen LogP) is 1.79. The summed E-state index contributed by atoms with van der Waals surface area (Å²) in [5.74, 6) is 0.996. The summed E-state index contributed by atoms with van der Waals surface area (Å²) in [6.07, 6.45) is 6.99. The second-order valence-corrected chi connectivity index (χ2v) is 6.34. The summed E-state index contributed by atoms with van der Waals surface area (Å²) in [6.45, 7) is 10.0. The molecule has 2 saturated heterocycles. The van der Waals surface area contributed by atoms with Gasteiger partial charge in [-0.25, -0.2) is 0 Å². The van der Waals surface area contributed by atoms with Gasteiger partial charge >= 0.3 is 0 Å². The van der Waals surface area contributed by atoms with Crippen LogP contribution in [0.4, 0.5) is 0 Å². The second-order valence-electron chi connectivity index (χ2n) is 6.34. The van der Waals surface area contributed by atoms with E-state index >= 15 is 0 Å². The maximum Gasteiger partial charge on any atom is 0.0194 e. The maximum absolute atomic E-state index is 3.46. The van der Waals surface area contributed by atoms with Gasteiger partial charge in [-0.2, -0.15) is 0 Å². The number of piperidine rings is 1. The number of likely N-dealkylation sites (N-methyl/N-ethyl adjacent to an activating group) is 1. The molecule has 0 bridgehead atoms. The number of rotatable bonds is 4. The molecule has 3 nitrogen and oxygen atoms in total. The number of hydrogen-bond acceptors (Lipinski definition) is 3. The van der Waals surface area contributed by atoms with E-state index in [4.69, 9.17) is 0 Å². The van der Waals surface area contributed by atoms with Crippen molar-refractivity contribution < 1.29 is 0 Å². The molecule has 0 aromatic heterocycles. The highest BCUT2D eigenvalue weighted by Crippen LogP contribution is 2.18. The fourth-order valence-electron chi connectivity index (χ4n) is 3.51. The molecule has 2 rings (SSSR count). The van der Waals surface area contributed by atoms with Crippen LogP contribution in [0.15, 0.2) is 0 Å². The van der Waals surface area contributed by atoms with Crippen LogP contribution < -0.4 is 5.32 Å². The van der Waals surface area contributed by atoms with E-state index in [1.165, 1.54) is 71.4 Å². The molecule has 2 aliphatic rings. The molecule has 2 heterocycles. The SMILES string of the molecule is CC1CN(C)CCCN1CCCC1CCNCC1. The second kappa shape index (κ2) is 7.46. The lowest BCUT2D eigenvalue weighted by atomic mass is 9.93. The highest BCUT2D eigenvalue weighted by molar-refractivity contribution is 4.76. The van der Waals surface area contributed by atoms with Crippen LogP contribution in [0.25, 0.3) is 0 Å². The van der Waals surface area contributed by atoms with E-state index in [1.807, 2.05) is 0 Å². The van der Waals surface area contributed by atoms with Crippen molar-refractivity contribution in [2.45, 2.75) is 45.1 Å². The van der Waals surface area contributed by atoms with Gasteiger partial charge in [0.05, 0.1) is 0 Å². The van der Waals surface area contributed by atoms with Crippen molar-refractivity contribution in [1.82, 2.24) is 15.1 Å². The van der Waals surface area contributed by atoms with Crippen molar-refractivity contribution in [3.05, 3.63) is 0 Å². The molecule has 18 heavy (non-hydrogen) atoms. The van der Waals surface area contributed by atoms with Crippen LogP contribution in [-0.4, -0.2) is 62.2 Å². The standard InChI is InChI=1S/C15H31N3/c1-14-13-17(2)10-4-12-18(14)11-3-5-15-6-8-16-9-7-15/h14-16H,3-13H2,1-2H3. The summed E-state index contributed by atoms with van der Waals surface area (Å²) >= 11 is 0. The summed E-state index contributed by atoms with van der Waals surface area (Å²) in [4.78, 5) is 5.20. The molecule has 0 spiro atoms. The molecule has 1 atom stereocenters. The average Bonchev–Trinajstić information content (AvgIpc) is 2.52. The number of hydrogen-bond donors (Lipinski definition) is 1. The third-order valence-electron chi connectivity index (χ3n) is 4.70. The fraction of sp³-hybridized carbons (Fsp3) is 1.00. The van der Waals surface area contributed by atoms with Crippen molar-refractivity contribution in [2.24, 2.45) is 5.92 Å². The summed E-state index contributed by atoms with van der Waals surface area (Å²) in [7, 11) is 2.26. The van der Waals surface area contributed by atoms with Crippen molar-refractivity contribution in [1.29, 1.82) is 0 Å². The largest absolute Gasteiger partial charge is 0.317 e. The van der Waals surface area contributed by atoms with Gasteiger partial charge in [0.1, 0.15) is 0 Å². The summed E-state index contributed by atoms with van der Waals surface area (Å²) in [5.41, 5.74) is 0. The zero-order valence-corrected chi connectivity index (χ0v) is 12.3. The lowest BCUT2D eigenvalue weighted by molar-refractivity contribution is 0.192. The summed E-state index contributed by atoms with van der Waals surface area (Å²) in [5, 5.41) is 3.46. The maximum atomic E-state index is 3.46. The lowest BCUT2D eigenvalue weighted by Crippen LogP contribution is -2.38. The molecule has 0 saturated carbocycles. The Morgan fingerprint density at radius 2 is 1.94 bits per heavy atom. The topological polar surface area (TPSA) is 18.5 Å². The normalized spacial score (nSPS) is 29.3. The van der Waals surface area contributed by atoms with Crippen LogP contribution >= 0.6 is 0 Å². The van der Waals surface area contributed by atoms with Crippen LogP contribution in [0.2, 0.25) is 0 Å². The predicted molar refractivity (Wildman–Crippen MR) is 78.0 cm³/mol. The molecule has 106 valence electrons. The smallest absolute Gasteiger partial charge is 0.0194 e. The van der Waals surface area contributed by atoms with Crippen LogP contribution in [0, 0.1) is 5.92 Å². The quantitative estimate of drug-likeness (QED) is 0.824. The highest BCUT2D eigenvalue weighted by Gasteiger charge is 2.19. The Bertz CT molecular complexity index is 226. The molecular formula is C15H31N3. The van der Waals surface area contributed by atoms with E-state index in [9.17, 15) is 0 Å². The first kappa shape index (κ1) is 14.3. The van der Waals surface area contributed by atoms with Gasteiger partial charge in [-0.05, 0) is 84.7 Å². The highest BCUT2D eigenvalue weighted by atomic mass is 15.2. The monoisotopic (exact) mass is 253 g/mol. The minimum absolute atomic E-state index is 0.741. The number of nitrogens with zero attached hydrogens (tertiary/aromatic N) is 2. The van der Waals surface area contributed by atoms with Crippen molar-refractivity contribution in [2.75, 3.05) is 46.3 Å². The third kappa shape index (κ3) is 4.52. The van der Waals surface area contributed by atoms with E-state index in [1.54, 1.807) is 0 Å². The lowest BCUT2D eigenvalue weighted by Gasteiger charge is -2.29. The zero-order chi connectivity index (χ0) is 12.8. The van der Waals surface area contributed by atoms with E-state index < -0.39 is 0 Å². The average molecular weight is 253 g/mol. The molecule has 2 aliphatic heterocycles. The van der Waals surface area contributed by atoms with Gasteiger partial charge in [-0.1, -0.05) is 0 Å². The Labute approximate surface area is 113 Å². The Hall–Kier alpha value is -0.120. The number of nitrogens with one attached hydrogen (secondary N) is 1. The molecular weight excluding hydrogens is 222 g/mol.